The van der Waals surface area contributed by atoms with Gasteiger partial charge in [-0.3, -0.25) is 4.98 Å². The number of aromatic carboxylic acids is 1. The zero-order valence-corrected chi connectivity index (χ0v) is 17.5. The number of amidine groups is 1. The van der Waals surface area contributed by atoms with Crippen LogP contribution < -0.4 is 0 Å². The summed E-state index contributed by atoms with van der Waals surface area (Å²) in [6.07, 6.45) is 1.80. The Kier molecular flexibility index (Phi) is 4.62. The number of aryl methyl sites for hydroxylation is 1. The lowest BCUT2D eigenvalue weighted by Gasteiger charge is -2.25. The average Bonchev–Trinajstić information content (AvgIpc) is 3.42. The molecule has 7 heteroatoms. The molecule has 3 atom stereocenters. The van der Waals surface area contributed by atoms with E-state index in [0.717, 1.165) is 40.1 Å². The van der Waals surface area contributed by atoms with Crippen LogP contribution in [0.3, 0.4) is 0 Å². The number of carbonyl (C=O) groups is 1. The Morgan fingerprint density at radius 2 is 2.10 bits per heavy atom. The van der Waals surface area contributed by atoms with Crippen LogP contribution in [-0.2, 0) is 0 Å². The second-order valence-electron chi connectivity index (χ2n) is 7.67. The number of hydrogen-bond acceptors (Lipinski definition) is 6. The van der Waals surface area contributed by atoms with E-state index < -0.39 is 5.97 Å². The molecule has 0 radical (unpaired) electrons. The van der Waals surface area contributed by atoms with Gasteiger partial charge in [0.15, 0.2) is 5.17 Å². The fourth-order valence-corrected chi connectivity index (χ4v) is 5.25. The number of carboxylic acids is 1. The lowest BCUT2D eigenvalue weighted by Crippen LogP contribution is -2.28. The van der Waals surface area contributed by atoms with Crippen LogP contribution >= 0.6 is 11.8 Å². The Bertz CT molecular complexity index is 1140. The van der Waals surface area contributed by atoms with Crippen LogP contribution in [0.4, 0.5) is 0 Å². The van der Waals surface area contributed by atoms with E-state index in [1.165, 1.54) is 0 Å². The summed E-state index contributed by atoms with van der Waals surface area (Å²) in [6, 6.07) is 14.8. The van der Waals surface area contributed by atoms with E-state index in [-0.39, 0.29) is 17.6 Å². The van der Waals surface area contributed by atoms with Gasteiger partial charge in [0, 0.05) is 23.6 Å². The zero-order chi connectivity index (χ0) is 20.8. The van der Waals surface area contributed by atoms with Crippen LogP contribution in [-0.4, -0.2) is 37.9 Å². The minimum Gasteiger partial charge on any atom is -0.478 e. The van der Waals surface area contributed by atoms with Crippen molar-refractivity contribution in [3.8, 4) is 11.3 Å². The largest absolute Gasteiger partial charge is 0.478 e. The van der Waals surface area contributed by atoms with Gasteiger partial charge in [0.25, 0.3) is 0 Å². The smallest absolute Gasteiger partial charge is 0.335 e. The highest BCUT2D eigenvalue weighted by atomic mass is 32.2. The third kappa shape index (κ3) is 3.19. The van der Waals surface area contributed by atoms with E-state index in [0.29, 0.717) is 5.25 Å². The van der Waals surface area contributed by atoms with Crippen molar-refractivity contribution in [3.05, 3.63) is 77.3 Å². The van der Waals surface area contributed by atoms with Crippen molar-refractivity contribution < 1.29 is 14.3 Å². The number of pyridine rings is 1. The van der Waals surface area contributed by atoms with Gasteiger partial charge in [-0.25, -0.2) is 9.79 Å². The third-order valence-corrected chi connectivity index (χ3v) is 6.64. The molecule has 1 N–H and O–H groups in total. The number of aromatic nitrogens is 1. The monoisotopic (exact) mass is 419 g/mol. The Hall–Kier alpha value is -3.06. The summed E-state index contributed by atoms with van der Waals surface area (Å²) >= 11 is 1.79. The Morgan fingerprint density at radius 3 is 2.83 bits per heavy atom. The van der Waals surface area contributed by atoms with Crippen molar-refractivity contribution in [1.82, 2.24) is 9.88 Å². The van der Waals surface area contributed by atoms with Crippen molar-refractivity contribution in [3.63, 3.8) is 0 Å². The maximum absolute atomic E-state index is 11.2. The molecule has 0 spiro atoms. The van der Waals surface area contributed by atoms with Crippen molar-refractivity contribution in [2.24, 2.45) is 4.99 Å². The molecule has 0 aliphatic carbocycles. The molecule has 1 fully saturated rings. The fraction of sp³-hybridized carbons (Fsp3) is 0.261. The molecule has 152 valence electrons. The first-order valence-electron chi connectivity index (χ1n) is 9.87. The number of thioether (sulfide) groups is 1. The van der Waals surface area contributed by atoms with Gasteiger partial charge in [-0.05, 0) is 48.9 Å². The maximum Gasteiger partial charge on any atom is 0.335 e. The summed E-state index contributed by atoms with van der Waals surface area (Å²) in [4.78, 5) is 23.1. The average molecular weight is 420 g/mol. The van der Waals surface area contributed by atoms with E-state index in [4.69, 9.17) is 9.41 Å². The van der Waals surface area contributed by atoms with Crippen LogP contribution in [0, 0.1) is 6.92 Å². The second-order valence-corrected chi connectivity index (χ2v) is 9.08. The van der Waals surface area contributed by atoms with Crippen molar-refractivity contribution >= 4 is 22.9 Å². The van der Waals surface area contributed by atoms with Gasteiger partial charge in [-0.15, -0.1) is 0 Å². The minimum atomic E-state index is -0.931. The molecule has 3 aromatic rings. The molecule has 6 nitrogen and oxygen atoms in total. The first kappa shape index (κ1) is 18.9. The second kappa shape index (κ2) is 7.32. The molecular formula is C23H21N3O3S. The van der Waals surface area contributed by atoms with Crippen LogP contribution in [0.25, 0.3) is 11.3 Å². The van der Waals surface area contributed by atoms with E-state index >= 15 is 0 Å². The summed E-state index contributed by atoms with van der Waals surface area (Å²) in [5.74, 6) is 0.641. The number of aliphatic imine (C=N–C) groups is 1. The lowest BCUT2D eigenvalue weighted by atomic mass is 10.0. The van der Waals surface area contributed by atoms with Gasteiger partial charge in [0.05, 0.1) is 11.3 Å². The number of furan rings is 1. The summed E-state index contributed by atoms with van der Waals surface area (Å²) in [5.41, 5.74) is 2.96. The first-order chi connectivity index (χ1) is 14.5. The van der Waals surface area contributed by atoms with Crippen LogP contribution in [0.15, 0.2) is 64.1 Å². The Labute approximate surface area is 178 Å². The van der Waals surface area contributed by atoms with E-state index in [2.05, 4.69) is 16.8 Å². The van der Waals surface area contributed by atoms with Gasteiger partial charge >= 0.3 is 5.97 Å². The number of fused-ring (bicyclic) bond motifs is 1. The Morgan fingerprint density at radius 1 is 1.23 bits per heavy atom. The summed E-state index contributed by atoms with van der Waals surface area (Å²) in [7, 11) is 0. The molecule has 4 heterocycles. The van der Waals surface area contributed by atoms with Gasteiger partial charge < -0.3 is 14.4 Å². The summed E-state index contributed by atoms with van der Waals surface area (Å²) < 4.78 is 6.33. The van der Waals surface area contributed by atoms with E-state index in [1.54, 1.807) is 30.1 Å². The van der Waals surface area contributed by atoms with Crippen molar-refractivity contribution in [1.29, 1.82) is 0 Å². The molecule has 2 aromatic heterocycles. The predicted molar refractivity (Wildman–Crippen MR) is 117 cm³/mol. The Balaban J connectivity index is 1.52. The topological polar surface area (TPSA) is 78.9 Å². The van der Waals surface area contributed by atoms with Crippen molar-refractivity contribution in [2.75, 3.05) is 6.54 Å². The highest BCUT2D eigenvalue weighted by Crippen LogP contribution is 2.48. The van der Waals surface area contributed by atoms with Gasteiger partial charge in [-0.2, -0.15) is 0 Å². The predicted octanol–water partition coefficient (Wildman–Crippen LogP) is 4.94. The molecule has 1 aromatic carbocycles. The zero-order valence-electron chi connectivity index (χ0n) is 16.6. The summed E-state index contributed by atoms with van der Waals surface area (Å²) in [6.45, 7) is 5.02. The quantitative estimate of drug-likeness (QED) is 0.645. The molecule has 0 bridgehead atoms. The van der Waals surface area contributed by atoms with Gasteiger partial charge in [-0.1, -0.05) is 30.8 Å². The molecule has 2 aliphatic rings. The minimum absolute atomic E-state index is 0.0419. The molecule has 0 saturated carbocycles. The van der Waals surface area contributed by atoms with Gasteiger partial charge in [0.2, 0.25) is 0 Å². The molecule has 0 unspecified atom stereocenters. The number of hydrogen-bond donors (Lipinski definition) is 1. The van der Waals surface area contributed by atoms with Crippen LogP contribution in [0.5, 0.6) is 0 Å². The van der Waals surface area contributed by atoms with Crippen LogP contribution in [0.2, 0.25) is 0 Å². The normalized spacial score (nSPS) is 22.8. The number of benzene rings is 1. The first-order valence-corrected chi connectivity index (χ1v) is 10.8. The number of rotatable bonds is 4. The molecule has 5 rings (SSSR count). The van der Waals surface area contributed by atoms with Gasteiger partial charge in [0.1, 0.15) is 23.6 Å². The number of nitrogens with zero attached hydrogens (tertiary/aromatic N) is 3. The number of carboxylic acid groups (broad SMARTS) is 1. The molecule has 0 amide bonds. The fourth-order valence-electron chi connectivity index (χ4n) is 4.15. The van der Waals surface area contributed by atoms with Crippen LogP contribution in [0.1, 0.15) is 46.4 Å². The van der Waals surface area contributed by atoms with Crippen molar-refractivity contribution in [2.45, 2.75) is 31.2 Å². The third-order valence-electron chi connectivity index (χ3n) is 5.54. The molecule has 2 aliphatic heterocycles. The molecule has 30 heavy (non-hydrogen) atoms. The molecular weight excluding hydrogens is 398 g/mol. The highest BCUT2D eigenvalue weighted by molar-refractivity contribution is 8.14. The van der Waals surface area contributed by atoms with E-state index in [9.17, 15) is 9.90 Å². The SMILES string of the molecule is Cc1cc(C(=O)O)ccc1-c1ccc([C@H]2[C@@H](c3ccccn3)N=C3S[C@@H](C)CN32)o1. The lowest BCUT2D eigenvalue weighted by molar-refractivity contribution is 0.0697. The summed E-state index contributed by atoms with van der Waals surface area (Å²) in [5, 5.41) is 10.7. The maximum atomic E-state index is 11.2. The standard InChI is InChI=1S/C23H21N3O3S/c1-13-11-15(22(27)28)6-7-16(13)18-8-9-19(29-18)21-20(17-5-3-4-10-24-17)25-23-26(21)12-14(2)30-23/h3-11,14,20-21H,12H2,1-2H3,(H,27,28)/t14-,20+,21-/m0/s1. The molecule has 1 saturated heterocycles. The highest BCUT2D eigenvalue weighted by Gasteiger charge is 2.45. The van der Waals surface area contributed by atoms with E-state index in [1.807, 2.05) is 43.3 Å².